The van der Waals surface area contributed by atoms with E-state index >= 15 is 0 Å². The molecule has 0 heterocycles. The Morgan fingerprint density at radius 2 is 2.06 bits per heavy atom. The number of alkyl carbamates (subject to hydrolysis) is 1. The zero-order chi connectivity index (χ0) is 13.8. The predicted octanol–water partition coefficient (Wildman–Crippen LogP) is 2.83. The van der Waals surface area contributed by atoms with Gasteiger partial charge in [0.05, 0.1) is 0 Å². The van der Waals surface area contributed by atoms with Crippen molar-refractivity contribution in [3.63, 3.8) is 0 Å². The lowest BCUT2D eigenvalue weighted by molar-refractivity contribution is -0.115. The van der Waals surface area contributed by atoms with E-state index in [9.17, 15) is 9.59 Å². The Labute approximate surface area is 109 Å². The number of ketones is 1. The quantitative estimate of drug-likeness (QED) is 0.784. The minimum atomic E-state index is -0.471. The molecule has 4 heteroatoms. The fourth-order valence-corrected chi connectivity index (χ4v) is 2.23. The highest BCUT2D eigenvalue weighted by atomic mass is 16.6. The molecule has 0 bridgehead atoms. The number of ether oxygens (including phenoxy) is 1. The van der Waals surface area contributed by atoms with Gasteiger partial charge in [-0.15, -0.1) is 0 Å². The fourth-order valence-electron chi connectivity index (χ4n) is 2.23. The number of hydrogen-bond donors (Lipinski definition) is 1. The van der Waals surface area contributed by atoms with E-state index in [0.717, 1.165) is 19.3 Å². The lowest BCUT2D eigenvalue weighted by Gasteiger charge is -2.21. The first kappa shape index (κ1) is 14.7. The summed E-state index contributed by atoms with van der Waals surface area (Å²) in [4.78, 5) is 22.8. The first-order valence-electron chi connectivity index (χ1n) is 6.45. The number of carbonyl (C=O) groups excluding carboxylic acids is 2. The zero-order valence-corrected chi connectivity index (χ0v) is 11.5. The topological polar surface area (TPSA) is 55.4 Å². The van der Waals surface area contributed by atoms with Crippen LogP contribution in [0.4, 0.5) is 4.79 Å². The Hall–Kier alpha value is -1.32. The SMILES string of the molecule is C=CC(=O)C[C@H]1CC[C@@H](NC(=O)OC(C)(C)C)C1. The molecule has 18 heavy (non-hydrogen) atoms. The maximum atomic E-state index is 11.6. The third kappa shape index (κ3) is 5.34. The van der Waals surface area contributed by atoms with Crippen molar-refractivity contribution in [2.75, 3.05) is 0 Å². The van der Waals surface area contributed by atoms with Crippen LogP contribution in [0.15, 0.2) is 12.7 Å². The van der Waals surface area contributed by atoms with Crippen molar-refractivity contribution in [3.8, 4) is 0 Å². The van der Waals surface area contributed by atoms with E-state index in [-0.39, 0.29) is 17.9 Å². The molecule has 0 aromatic rings. The summed E-state index contributed by atoms with van der Waals surface area (Å²) in [7, 11) is 0. The largest absolute Gasteiger partial charge is 0.444 e. The predicted molar refractivity (Wildman–Crippen MR) is 70.3 cm³/mol. The van der Waals surface area contributed by atoms with E-state index in [4.69, 9.17) is 4.74 Å². The van der Waals surface area contributed by atoms with E-state index in [1.807, 2.05) is 20.8 Å². The lowest BCUT2D eigenvalue weighted by atomic mass is 10.0. The highest BCUT2D eigenvalue weighted by molar-refractivity contribution is 5.89. The summed E-state index contributed by atoms with van der Waals surface area (Å²) in [6, 6.07) is 0.127. The Balaban J connectivity index is 2.32. The van der Waals surface area contributed by atoms with Crippen LogP contribution in [-0.4, -0.2) is 23.5 Å². The summed E-state index contributed by atoms with van der Waals surface area (Å²) < 4.78 is 5.20. The van der Waals surface area contributed by atoms with Crippen molar-refractivity contribution in [1.29, 1.82) is 0 Å². The molecule has 0 aromatic carbocycles. The third-order valence-corrected chi connectivity index (χ3v) is 2.98. The highest BCUT2D eigenvalue weighted by Crippen LogP contribution is 2.28. The van der Waals surface area contributed by atoms with Crippen LogP contribution in [0.2, 0.25) is 0 Å². The molecule has 1 saturated carbocycles. The van der Waals surface area contributed by atoms with Gasteiger partial charge in [0.2, 0.25) is 0 Å². The van der Waals surface area contributed by atoms with Crippen molar-refractivity contribution in [1.82, 2.24) is 5.32 Å². The van der Waals surface area contributed by atoms with Crippen LogP contribution < -0.4 is 5.32 Å². The van der Waals surface area contributed by atoms with Crippen molar-refractivity contribution in [2.24, 2.45) is 5.92 Å². The van der Waals surface area contributed by atoms with Gasteiger partial charge in [-0.05, 0) is 52.0 Å². The van der Waals surface area contributed by atoms with Gasteiger partial charge >= 0.3 is 6.09 Å². The Morgan fingerprint density at radius 3 is 2.61 bits per heavy atom. The molecule has 1 rings (SSSR count). The molecule has 0 aliphatic heterocycles. The van der Waals surface area contributed by atoms with E-state index in [1.54, 1.807) is 0 Å². The number of nitrogens with one attached hydrogen (secondary N) is 1. The van der Waals surface area contributed by atoms with Crippen LogP contribution in [-0.2, 0) is 9.53 Å². The van der Waals surface area contributed by atoms with Crippen LogP contribution in [0, 0.1) is 5.92 Å². The normalized spacial score (nSPS) is 23.5. The summed E-state index contributed by atoms with van der Waals surface area (Å²) in [5.74, 6) is 0.438. The summed E-state index contributed by atoms with van der Waals surface area (Å²) in [6.45, 7) is 8.99. The van der Waals surface area contributed by atoms with Gasteiger partial charge in [-0.3, -0.25) is 4.79 Å². The molecular formula is C14H23NO3. The van der Waals surface area contributed by atoms with Crippen molar-refractivity contribution in [2.45, 2.75) is 58.1 Å². The molecule has 1 aliphatic carbocycles. The molecule has 0 spiro atoms. The number of carbonyl (C=O) groups is 2. The van der Waals surface area contributed by atoms with Crippen LogP contribution >= 0.6 is 0 Å². The van der Waals surface area contributed by atoms with E-state index < -0.39 is 5.60 Å². The molecule has 0 aromatic heterocycles. The number of rotatable bonds is 4. The Kier molecular flexibility index (Phi) is 4.93. The van der Waals surface area contributed by atoms with Crippen LogP contribution in [0.25, 0.3) is 0 Å². The molecule has 102 valence electrons. The first-order valence-corrected chi connectivity index (χ1v) is 6.45. The monoisotopic (exact) mass is 253 g/mol. The molecule has 0 saturated heterocycles. The van der Waals surface area contributed by atoms with Gasteiger partial charge in [-0.1, -0.05) is 6.58 Å². The van der Waals surface area contributed by atoms with E-state index in [2.05, 4.69) is 11.9 Å². The Morgan fingerprint density at radius 1 is 1.39 bits per heavy atom. The maximum absolute atomic E-state index is 11.6. The fraction of sp³-hybridized carbons (Fsp3) is 0.714. The van der Waals surface area contributed by atoms with Crippen LogP contribution in [0.1, 0.15) is 46.5 Å². The van der Waals surface area contributed by atoms with Gasteiger partial charge in [0.25, 0.3) is 0 Å². The minimum absolute atomic E-state index is 0.0814. The smallest absolute Gasteiger partial charge is 0.407 e. The van der Waals surface area contributed by atoms with Gasteiger partial charge in [-0.2, -0.15) is 0 Å². The Bertz CT molecular complexity index is 330. The summed E-state index contributed by atoms with van der Waals surface area (Å²) in [6.07, 6.45) is 4.26. The zero-order valence-electron chi connectivity index (χ0n) is 11.5. The van der Waals surface area contributed by atoms with E-state index in [1.165, 1.54) is 6.08 Å². The molecule has 2 atom stereocenters. The molecule has 1 fully saturated rings. The lowest BCUT2D eigenvalue weighted by Crippen LogP contribution is -2.38. The van der Waals surface area contributed by atoms with Crippen molar-refractivity contribution in [3.05, 3.63) is 12.7 Å². The molecule has 0 radical (unpaired) electrons. The molecule has 1 N–H and O–H groups in total. The van der Waals surface area contributed by atoms with Gasteiger partial charge in [0.1, 0.15) is 5.60 Å². The number of allylic oxidation sites excluding steroid dienone is 1. The summed E-state index contributed by atoms with van der Waals surface area (Å²) in [5, 5.41) is 2.86. The second kappa shape index (κ2) is 6.03. The van der Waals surface area contributed by atoms with Crippen LogP contribution in [0.5, 0.6) is 0 Å². The molecular weight excluding hydrogens is 230 g/mol. The number of hydrogen-bond acceptors (Lipinski definition) is 3. The second-order valence-electron chi connectivity index (χ2n) is 5.90. The van der Waals surface area contributed by atoms with Crippen LogP contribution in [0.3, 0.4) is 0 Å². The van der Waals surface area contributed by atoms with Crippen molar-refractivity contribution >= 4 is 11.9 Å². The molecule has 1 aliphatic rings. The third-order valence-electron chi connectivity index (χ3n) is 2.98. The maximum Gasteiger partial charge on any atom is 0.407 e. The summed E-state index contributed by atoms with van der Waals surface area (Å²) in [5.41, 5.74) is -0.471. The average Bonchev–Trinajstić information content (AvgIpc) is 2.62. The summed E-state index contributed by atoms with van der Waals surface area (Å²) >= 11 is 0. The van der Waals surface area contributed by atoms with E-state index in [0.29, 0.717) is 12.3 Å². The number of amides is 1. The average molecular weight is 253 g/mol. The van der Waals surface area contributed by atoms with Gasteiger partial charge in [0.15, 0.2) is 5.78 Å². The molecule has 4 nitrogen and oxygen atoms in total. The molecule has 0 unspecified atom stereocenters. The minimum Gasteiger partial charge on any atom is -0.444 e. The first-order chi connectivity index (χ1) is 8.30. The van der Waals surface area contributed by atoms with Gasteiger partial charge < -0.3 is 10.1 Å². The van der Waals surface area contributed by atoms with Gasteiger partial charge in [-0.25, -0.2) is 4.79 Å². The standard InChI is InChI=1S/C14H23NO3/c1-5-12(16)9-10-6-7-11(8-10)15-13(17)18-14(2,3)4/h5,10-11H,1,6-9H2,2-4H3,(H,15,17)/t10-,11+/m0/s1. The highest BCUT2D eigenvalue weighted by Gasteiger charge is 2.28. The van der Waals surface area contributed by atoms with Crippen molar-refractivity contribution < 1.29 is 14.3 Å². The second-order valence-corrected chi connectivity index (χ2v) is 5.90. The molecule has 1 amide bonds. The van der Waals surface area contributed by atoms with Gasteiger partial charge in [0, 0.05) is 12.5 Å².